The molecule has 4 heteroatoms. The fourth-order valence-electron chi connectivity index (χ4n) is 1.83. The van der Waals surface area contributed by atoms with E-state index in [2.05, 4.69) is 31.9 Å². The highest BCUT2D eigenvalue weighted by Crippen LogP contribution is 2.47. The number of hydrogen-bond donors (Lipinski definition) is 0. The summed E-state index contributed by atoms with van der Waals surface area (Å²) >= 11 is 6.88. The molecule has 1 aromatic rings. The molecule has 0 saturated heterocycles. The van der Waals surface area contributed by atoms with Crippen LogP contribution in [-0.4, -0.2) is 16.3 Å². The zero-order valence-electron chi connectivity index (χ0n) is 10.4. The molecule has 0 atom stereocenters. The molecule has 0 unspecified atom stereocenters. The summed E-state index contributed by atoms with van der Waals surface area (Å²) in [7, 11) is 1.38. The van der Waals surface area contributed by atoms with Crippen LogP contribution in [0.15, 0.2) is 24.3 Å². The Kier molecular flexibility index (Phi) is 4.42. The van der Waals surface area contributed by atoms with Gasteiger partial charge in [-0.15, -0.1) is 0 Å². The van der Waals surface area contributed by atoms with Gasteiger partial charge in [-0.05, 0) is 18.1 Å². The first-order valence-electron chi connectivity index (χ1n) is 5.27. The molecule has 0 saturated carbocycles. The normalized spacial score (nSPS) is 12.4. The predicted molar refractivity (Wildman–Crippen MR) is 76.8 cm³/mol. The van der Waals surface area contributed by atoms with E-state index >= 15 is 0 Å². The summed E-state index contributed by atoms with van der Waals surface area (Å²) in [6, 6.07) is 8.01. The zero-order valence-corrected chi connectivity index (χ0v) is 13.6. The minimum Gasteiger partial charge on any atom is -0.467 e. The van der Waals surface area contributed by atoms with E-state index in [4.69, 9.17) is 4.74 Å². The van der Waals surface area contributed by atoms with E-state index in [1.807, 2.05) is 45.0 Å². The summed E-state index contributed by atoms with van der Waals surface area (Å²) in [6.45, 7) is 6.02. The number of hydrogen-bond acceptors (Lipinski definition) is 2. The summed E-state index contributed by atoms with van der Waals surface area (Å²) in [5.74, 6) is -0.342. The predicted octanol–water partition coefficient (Wildman–Crippen LogP) is 3.93. The molecule has 0 heterocycles. The second kappa shape index (κ2) is 5.11. The first-order valence-corrected chi connectivity index (χ1v) is 6.86. The minimum atomic E-state index is -0.937. The number of alkyl halides is 2. The van der Waals surface area contributed by atoms with Gasteiger partial charge in [0.1, 0.15) is 0 Å². The molecule has 1 aromatic carbocycles. The molecule has 1 rings (SSSR count). The first kappa shape index (κ1) is 14.7. The SMILES string of the molecule is COC(=O)C(Br)(Br)C(C)(C)c1ccccc1C. The van der Waals surface area contributed by atoms with E-state index in [9.17, 15) is 4.79 Å². The Hall–Kier alpha value is -0.350. The number of benzene rings is 1. The number of ether oxygens (including phenoxy) is 1. The van der Waals surface area contributed by atoms with Crippen molar-refractivity contribution in [2.45, 2.75) is 29.4 Å². The van der Waals surface area contributed by atoms with Gasteiger partial charge in [-0.3, -0.25) is 0 Å². The van der Waals surface area contributed by atoms with Crippen molar-refractivity contribution < 1.29 is 9.53 Å². The van der Waals surface area contributed by atoms with Crippen LogP contribution < -0.4 is 0 Å². The summed E-state index contributed by atoms with van der Waals surface area (Å²) in [5, 5.41) is 0. The van der Waals surface area contributed by atoms with Gasteiger partial charge in [0, 0.05) is 5.41 Å². The van der Waals surface area contributed by atoms with Gasteiger partial charge in [-0.1, -0.05) is 70.0 Å². The molecule has 2 nitrogen and oxygen atoms in total. The second-order valence-electron chi connectivity index (χ2n) is 4.51. The summed E-state index contributed by atoms with van der Waals surface area (Å²) in [5.41, 5.74) is 1.80. The van der Waals surface area contributed by atoms with Crippen LogP contribution in [-0.2, 0) is 14.9 Å². The van der Waals surface area contributed by atoms with Crippen LogP contribution >= 0.6 is 31.9 Å². The van der Waals surface area contributed by atoms with Crippen LogP contribution in [0.5, 0.6) is 0 Å². The van der Waals surface area contributed by atoms with Crippen LogP contribution in [0.2, 0.25) is 0 Å². The Labute approximate surface area is 119 Å². The number of aryl methyl sites for hydroxylation is 1. The number of esters is 1. The topological polar surface area (TPSA) is 26.3 Å². The number of carbonyl (C=O) groups excluding carboxylic acids is 1. The molecule has 0 aliphatic carbocycles. The Morgan fingerprint density at radius 2 is 1.76 bits per heavy atom. The van der Waals surface area contributed by atoms with Crippen molar-refractivity contribution in [3.63, 3.8) is 0 Å². The molecule has 0 N–H and O–H groups in total. The lowest BCUT2D eigenvalue weighted by molar-refractivity contribution is -0.141. The van der Waals surface area contributed by atoms with Crippen LogP contribution in [0, 0.1) is 6.92 Å². The zero-order chi connectivity index (χ0) is 13.3. The van der Waals surface area contributed by atoms with E-state index in [-0.39, 0.29) is 5.97 Å². The maximum atomic E-state index is 11.8. The summed E-state index contributed by atoms with van der Waals surface area (Å²) < 4.78 is 3.89. The molecule has 0 bridgehead atoms. The molecule has 0 fully saturated rings. The highest BCUT2D eigenvalue weighted by Gasteiger charge is 2.49. The Balaban J connectivity index is 3.28. The maximum Gasteiger partial charge on any atom is 0.334 e. The monoisotopic (exact) mass is 362 g/mol. The second-order valence-corrected chi connectivity index (χ2v) is 7.95. The molecule has 0 radical (unpaired) electrons. The molecule has 0 spiro atoms. The van der Waals surface area contributed by atoms with Crippen LogP contribution in [0.1, 0.15) is 25.0 Å². The Bertz CT molecular complexity index is 425. The van der Waals surface area contributed by atoms with Gasteiger partial charge in [-0.2, -0.15) is 0 Å². The maximum absolute atomic E-state index is 11.8. The number of methoxy groups -OCH3 is 1. The average Bonchev–Trinajstić information content (AvgIpc) is 2.27. The Morgan fingerprint density at radius 1 is 1.24 bits per heavy atom. The third kappa shape index (κ3) is 2.58. The smallest absolute Gasteiger partial charge is 0.334 e. The molecule has 0 amide bonds. The van der Waals surface area contributed by atoms with E-state index in [1.54, 1.807) is 0 Å². The minimum absolute atomic E-state index is 0.342. The third-order valence-corrected chi connectivity index (χ3v) is 5.68. The quantitative estimate of drug-likeness (QED) is 0.600. The molecule has 0 aromatic heterocycles. The van der Waals surface area contributed by atoms with Crippen molar-refractivity contribution in [1.29, 1.82) is 0 Å². The van der Waals surface area contributed by atoms with Crippen LogP contribution in [0.4, 0.5) is 0 Å². The lowest BCUT2D eigenvalue weighted by Crippen LogP contribution is -2.45. The fraction of sp³-hybridized carbons (Fsp3) is 0.462. The van der Waals surface area contributed by atoms with Crippen LogP contribution in [0.3, 0.4) is 0 Å². The third-order valence-electron chi connectivity index (χ3n) is 3.05. The molecular formula is C13H16Br2O2. The fourth-order valence-corrected chi connectivity index (χ4v) is 2.58. The van der Waals surface area contributed by atoms with Crippen molar-refractivity contribution in [1.82, 2.24) is 0 Å². The molecule has 0 aliphatic rings. The highest BCUT2D eigenvalue weighted by atomic mass is 79.9. The Morgan fingerprint density at radius 3 is 2.24 bits per heavy atom. The van der Waals surface area contributed by atoms with Crippen molar-refractivity contribution in [2.24, 2.45) is 0 Å². The van der Waals surface area contributed by atoms with Crippen molar-refractivity contribution in [3.8, 4) is 0 Å². The largest absolute Gasteiger partial charge is 0.467 e. The van der Waals surface area contributed by atoms with E-state index in [1.165, 1.54) is 7.11 Å². The highest BCUT2D eigenvalue weighted by molar-refractivity contribution is 9.26. The summed E-state index contributed by atoms with van der Waals surface area (Å²) in [4.78, 5) is 11.8. The van der Waals surface area contributed by atoms with Gasteiger partial charge in [0.25, 0.3) is 0 Å². The number of halogens is 2. The molecule has 94 valence electrons. The molecule has 17 heavy (non-hydrogen) atoms. The van der Waals surface area contributed by atoms with Gasteiger partial charge in [0.05, 0.1) is 7.11 Å². The van der Waals surface area contributed by atoms with E-state index < -0.39 is 8.65 Å². The first-order chi connectivity index (χ1) is 7.75. The van der Waals surface area contributed by atoms with Gasteiger partial charge < -0.3 is 4.74 Å². The van der Waals surface area contributed by atoms with E-state index in [0.29, 0.717) is 0 Å². The van der Waals surface area contributed by atoms with Gasteiger partial charge in [0.2, 0.25) is 0 Å². The standard InChI is InChI=1S/C13H16Br2O2/c1-9-7-5-6-8-10(9)12(2,3)13(14,15)11(16)17-4/h5-8H,1-4H3. The van der Waals surface area contributed by atoms with Crippen molar-refractivity contribution >= 4 is 37.8 Å². The lowest BCUT2D eigenvalue weighted by Gasteiger charge is -2.37. The van der Waals surface area contributed by atoms with Crippen LogP contribution in [0.25, 0.3) is 0 Å². The molecule has 0 aliphatic heterocycles. The van der Waals surface area contributed by atoms with Gasteiger partial charge in [-0.25, -0.2) is 4.79 Å². The van der Waals surface area contributed by atoms with Crippen molar-refractivity contribution in [3.05, 3.63) is 35.4 Å². The van der Waals surface area contributed by atoms with E-state index in [0.717, 1.165) is 11.1 Å². The van der Waals surface area contributed by atoms with Gasteiger partial charge in [0.15, 0.2) is 3.23 Å². The van der Waals surface area contributed by atoms with Gasteiger partial charge >= 0.3 is 5.97 Å². The summed E-state index contributed by atoms with van der Waals surface area (Å²) in [6.07, 6.45) is 0. The lowest BCUT2D eigenvalue weighted by atomic mass is 9.79. The number of carbonyl (C=O) groups is 1. The molecular weight excluding hydrogens is 348 g/mol. The average molecular weight is 364 g/mol. The van der Waals surface area contributed by atoms with Crippen molar-refractivity contribution in [2.75, 3.05) is 7.11 Å². The number of rotatable bonds is 3.